The van der Waals surface area contributed by atoms with E-state index in [9.17, 15) is 21.6 Å². The van der Waals surface area contributed by atoms with Gasteiger partial charge in [-0.25, -0.2) is 13.1 Å². The molecule has 10 heteroatoms. The van der Waals surface area contributed by atoms with E-state index in [1.165, 1.54) is 0 Å². The van der Waals surface area contributed by atoms with E-state index < -0.39 is 31.9 Å². The minimum Gasteiger partial charge on any atom is -0.481 e. The summed E-state index contributed by atoms with van der Waals surface area (Å²) in [5.74, 6) is -1.69. The van der Waals surface area contributed by atoms with Crippen LogP contribution in [0.4, 0.5) is 0 Å². The second kappa shape index (κ2) is 6.16. The number of carboxylic acid groups (broad SMARTS) is 1. The van der Waals surface area contributed by atoms with Crippen molar-refractivity contribution in [1.82, 2.24) is 9.03 Å². The van der Waals surface area contributed by atoms with E-state index in [-0.39, 0.29) is 38.2 Å². The van der Waals surface area contributed by atoms with E-state index in [4.69, 9.17) is 5.11 Å². The van der Waals surface area contributed by atoms with E-state index in [0.717, 1.165) is 10.6 Å². The van der Waals surface area contributed by atoms with Gasteiger partial charge in [-0.3, -0.25) is 4.79 Å². The first kappa shape index (κ1) is 16.3. The van der Waals surface area contributed by atoms with E-state index in [2.05, 4.69) is 4.72 Å². The zero-order chi connectivity index (χ0) is 14.7. The zero-order valence-corrected chi connectivity index (χ0v) is 12.2. The molecule has 1 aliphatic heterocycles. The number of rotatable bonds is 6. The summed E-state index contributed by atoms with van der Waals surface area (Å²) < 4.78 is 48.8. The van der Waals surface area contributed by atoms with Gasteiger partial charge in [0.05, 0.1) is 11.7 Å². The minimum absolute atomic E-state index is 0.130. The van der Waals surface area contributed by atoms with E-state index >= 15 is 0 Å². The number of piperidine rings is 1. The molecule has 112 valence electrons. The lowest BCUT2D eigenvalue weighted by Gasteiger charge is -2.29. The highest BCUT2D eigenvalue weighted by Gasteiger charge is 2.30. The van der Waals surface area contributed by atoms with Crippen LogP contribution in [0.3, 0.4) is 0 Å². The normalized spacial score (nSPS) is 19.4. The fourth-order valence-corrected chi connectivity index (χ4v) is 3.63. The number of hydrogen-bond acceptors (Lipinski definition) is 5. The van der Waals surface area contributed by atoms with Gasteiger partial charge in [-0.1, -0.05) is 0 Å². The summed E-state index contributed by atoms with van der Waals surface area (Å²) in [4.78, 5) is 10.7. The van der Waals surface area contributed by atoms with Crippen LogP contribution in [-0.2, 0) is 24.8 Å². The number of nitrogens with zero attached hydrogens (tertiary/aromatic N) is 1. The Labute approximate surface area is 112 Å². The van der Waals surface area contributed by atoms with Gasteiger partial charge in [0, 0.05) is 25.9 Å². The molecule has 1 fully saturated rings. The molecule has 2 N–H and O–H groups in total. The molecule has 0 aromatic heterocycles. The van der Waals surface area contributed by atoms with Gasteiger partial charge in [-0.05, 0) is 12.8 Å². The molecule has 1 rings (SSSR count). The van der Waals surface area contributed by atoms with Crippen molar-refractivity contribution in [3.8, 4) is 0 Å². The fraction of sp³-hybridized carbons (Fsp3) is 0.889. The molecular formula is C9H18N2O6S2. The van der Waals surface area contributed by atoms with Crippen molar-refractivity contribution >= 4 is 26.0 Å². The van der Waals surface area contributed by atoms with E-state index in [0.29, 0.717) is 0 Å². The Kier molecular flexibility index (Phi) is 5.30. The predicted octanol–water partition coefficient (Wildman–Crippen LogP) is -1.34. The van der Waals surface area contributed by atoms with Gasteiger partial charge in [0.2, 0.25) is 0 Å². The molecule has 0 amide bonds. The van der Waals surface area contributed by atoms with Crippen LogP contribution in [0.2, 0.25) is 0 Å². The predicted molar refractivity (Wildman–Crippen MR) is 68.6 cm³/mol. The summed E-state index contributed by atoms with van der Waals surface area (Å²) in [5.41, 5.74) is 0. The van der Waals surface area contributed by atoms with Gasteiger partial charge in [0.1, 0.15) is 9.84 Å². The van der Waals surface area contributed by atoms with Crippen LogP contribution in [0.25, 0.3) is 0 Å². The number of sulfone groups is 1. The van der Waals surface area contributed by atoms with Crippen molar-refractivity contribution in [3.63, 3.8) is 0 Å². The molecule has 0 spiro atoms. The first-order valence-corrected chi connectivity index (χ1v) is 9.27. The standard InChI is InChI=1S/C9H18N2O6S2/c1-18(14,15)7-4-10-19(16,17)11-5-2-8(3-6-11)9(12)13/h8,10H,2-7H2,1H3,(H,12,13). The molecule has 1 aliphatic rings. The summed E-state index contributed by atoms with van der Waals surface area (Å²) in [6.45, 7) is 0.0797. The average Bonchev–Trinajstić information content (AvgIpc) is 2.27. The van der Waals surface area contributed by atoms with Crippen molar-refractivity contribution in [3.05, 3.63) is 0 Å². The Bertz CT molecular complexity index is 519. The summed E-state index contributed by atoms with van der Waals surface area (Å²) in [6, 6.07) is 0. The van der Waals surface area contributed by atoms with Gasteiger partial charge < -0.3 is 5.11 Å². The average molecular weight is 314 g/mol. The summed E-state index contributed by atoms with van der Waals surface area (Å²) in [7, 11) is -6.95. The number of carboxylic acids is 1. The van der Waals surface area contributed by atoms with Gasteiger partial charge >= 0.3 is 5.97 Å². The van der Waals surface area contributed by atoms with Gasteiger partial charge in [-0.15, -0.1) is 0 Å². The highest BCUT2D eigenvalue weighted by atomic mass is 32.2. The molecule has 0 aromatic rings. The third-order valence-electron chi connectivity index (χ3n) is 2.90. The maximum absolute atomic E-state index is 11.8. The Morgan fingerprint density at radius 2 is 1.79 bits per heavy atom. The lowest BCUT2D eigenvalue weighted by atomic mass is 9.99. The minimum atomic E-state index is -3.73. The molecule has 1 heterocycles. The largest absolute Gasteiger partial charge is 0.481 e. The second-order valence-electron chi connectivity index (χ2n) is 4.54. The molecule has 0 aliphatic carbocycles. The molecule has 0 bridgehead atoms. The van der Waals surface area contributed by atoms with Gasteiger partial charge in [0.25, 0.3) is 10.2 Å². The van der Waals surface area contributed by atoms with Crippen molar-refractivity contribution in [2.75, 3.05) is 31.6 Å². The SMILES string of the molecule is CS(=O)(=O)CCNS(=O)(=O)N1CCC(C(=O)O)CC1. The van der Waals surface area contributed by atoms with Crippen LogP contribution in [0.1, 0.15) is 12.8 Å². The topological polar surface area (TPSA) is 121 Å². The number of nitrogens with one attached hydrogen (secondary N) is 1. The molecule has 8 nitrogen and oxygen atoms in total. The van der Waals surface area contributed by atoms with Crippen LogP contribution in [0.15, 0.2) is 0 Å². The fourth-order valence-electron chi connectivity index (χ4n) is 1.79. The molecule has 0 unspecified atom stereocenters. The van der Waals surface area contributed by atoms with E-state index in [1.807, 2.05) is 0 Å². The monoisotopic (exact) mass is 314 g/mol. The lowest BCUT2D eigenvalue weighted by molar-refractivity contribution is -0.142. The number of hydrogen-bond donors (Lipinski definition) is 2. The van der Waals surface area contributed by atoms with E-state index in [1.54, 1.807) is 0 Å². The summed E-state index contributed by atoms with van der Waals surface area (Å²) in [6.07, 6.45) is 1.56. The third kappa shape index (κ3) is 5.43. The smallest absolute Gasteiger partial charge is 0.306 e. The first-order valence-electron chi connectivity index (χ1n) is 5.77. The van der Waals surface area contributed by atoms with Gasteiger partial charge in [0.15, 0.2) is 0 Å². The maximum Gasteiger partial charge on any atom is 0.306 e. The second-order valence-corrected chi connectivity index (χ2v) is 8.56. The van der Waals surface area contributed by atoms with Crippen molar-refractivity contribution in [2.24, 2.45) is 5.92 Å². The molecule has 19 heavy (non-hydrogen) atoms. The summed E-state index contributed by atoms with van der Waals surface area (Å²) in [5, 5.41) is 8.81. The zero-order valence-electron chi connectivity index (χ0n) is 10.6. The highest BCUT2D eigenvalue weighted by molar-refractivity contribution is 7.90. The highest BCUT2D eigenvalue weighted by Crippen LogP contribution is 2.18. The maximum atomic E-state index is 11.8. The first-order chi connectivity index (χ1) is 8.62. The summed E-state index contributed by atoms with van der Waals surface area (Å²) >= 11 is 0. The molecular weight excluding hydrogens is 296 g/mol. The lowest BCUT2D eigenvalue weighted by Crippen LogP contribution is -2.46. The van der Waals surface area contributed by atoms with Gasteiger partial charge in [-0.2, -0.15) is 12.7 Å². The number of carbonyl (C=O) groups is 1. The molecule has 0 saturated carbocycles. The van der Waals surface area contributed by atoms with Crippen molar-refractivity contribution in [2.45, 2.75) is 12.8 Å². The molecule has 0 radical (unpaired) electrons. The van der Waals surface area contributed by atoms with Crippen LogP contribution in [0.5, 0.6) is 0 Å². The van der Waals surface area contributed by atoms with Crippen LogP contribution >= 0.6 is 0 Å². The van der Waals surface area contributed by atoms with Crippen molar-refractivity contribution < 1.29 is 26.7 Å². The van der Waals surface area contributed by atoms with Crippen LogP contribution < -0.4 is 4.72 Å². The Morgan fingerprint density at radius 1 is 1.26 bits per heavy atom. The van der Waals surface area contributed by atoms with Crippen LogP contribution in [0, 0.1) is 5.92 Å². The Morgan fingerprint density at radius 3 is 2.21 bits per heavy atom. The Balaban J connectivity index is 2.49. The Hall–Kier alpha value is -0.710. The number of aliphatic carboxylic acids is 1. The third-order valence-corrected chi connectivity index (χ3v) is 5.46. The molecule has 0 atom stereocenters. The molecule has 0 aromatic carbocycles. The quantitative estimate of drug-likeness (QED) is 0.626. The van der Waals surface area contributed by atoms with Crippen LogP contribution in [-0.4, -0.2) is 63.9 Å². The van der Waals surface area contributed by atoms with Crippen molar-refractivity contribution in [1.29, 1.82) is 0 Å². The molecule has 1 saturated heterocycles.